The number of benzene rings is 1. The van der Waals surface area contributed by atoms with E-state index < -0.39 is 0 Å². The van der Waals surface area contributed by atoms with Gasteiger partial charge in [-0.05, 0) is 18.6 Å². The lowest BCUT2D eigenvalue weighted by molar-refractivity contribution is 1.46. The summed E-state index contributed by atoms with van der Waals surface area (Å²) >= 11 is 14.9. The van der Waals surface area contributed by atoms with E-state index in [4.69, 9.17) is 23.8 Å². The largest absolute Gasteiger partial charge is 0.131 e. The number of halogens is 1. The van der Waals surface area contributed by atoms with Crippen LogP contribution in [0.1, 0.15) is 11.1 Å². The van der Waals surface area contributed by atoms with Gasteiger partial charge in [0.2, 0.25) is 0 Å². The van der Waals surface area contributed by atoms with Crippen LogP contribution in [0.5, 0.6) is 0 Å². The molecular formula is C8H7ClS2. The SMILES string of the molecule is Cc1c(Cl)cccc1C(=S)S. The normalized spacial score (nSPS) is 9.73. The molecule has 0 radical (unpaired) electrons. The highest BCUT2D eigenvalue weighted by Gasteiger charge is 2.02. The molecule has 58 valence electrons. The first-order chi connectivity index (χ1) is 5.13. The first-order valence-corrected chi connectivity index (χ1v) is 4.34. The Balaban J connectivity index is 3.27. The summed E-state index contributed by atoms with van der Waals surface area (Å²) in [6.45, 7) is 1.93. The lowest BCUT2D eigenvalue weighted by atomic mass is 10.1. The summed E-state index contributed by atoms with van der Waals surface area (Å²) in [6.07, 6.45) is 0. The molecule has 3 heteroatoms. The lowest BCUT2D eigenvalue weighted by Crippen LogP contribution is -1.91. The van der Waals surface area contributed by atoms with Gasteiger partial charge in [0.05, 0.1) is 4.20 Å². The maximum Gasteiger partial charge on any atom is 0.0750 e. The van der Waals surface area contributed by atoms with Gasteiger partial charge in [0.25, 0.3) is 0 Å². The van der Waals surface area contributed by atoms with Crippen LogP contribution in [-0.4, -0.2) is 4.20 Å². The van der Waals surface area contributed by atoms with Crippen molar-refractivity contribution in [1.29, 1.82) is 0 Å². The van der Waals surface area contributed by atoms with Gasteiger partial charge in [-0.3, -0.25) is 0 Å². The van der Waals surface area contributed by atoms with Crippen molar-refractivity contribution in [2.24, 2.45) is 0 Å². The second-order valence-electron chi connectivity index (χ2n) is 2.22. The molecular weight excluding hydrogens is 196 g/mol. The van der Waals surface area contributed by atoms with Crippen molar-refractivity contribution < 1.29 is 0 Å². The third-order valence-corrected chi connectivity index (χ3v) is 2.37. The molecule has 0 heterocycles. The van der Waals surface area contributed by atoms with Crippen LogP contribution in [0.15, 0.2) is 18.2 Å². The van der Waals surface area contributed by atoms with Gasteiger partial charge in [-0.1, -0.05) is 36.0 Å². The molecule has 0 nitrogen and oxygen atoms in total. The van der Waals surface area contributed by atoms with Crippen molar-refractivity contribution in [2.75, 3.05) is 0 Å². The molecule has 0 aliphatic rings. The predicted molar refractivity (Wildman–Crippen MR) is 56.9 cm³/mol. The van der Waals surface area contributed by atoms with Crippen LogP contribution < -0.4 is 0 Å². The van der Waals surface area contributed by atoms with Crippen molar-refractivity contribution in [1.82, 2.24) is 0 Å². The second kappa shape index (κ2) is 3.57. The molecule has 0 fully saturated rings. The summed E-state index contributed by atoms with van der Waals surface area (Å²) in [5.74, 6) is 0. The van der Waals surface area contributed by atoms with Gasteiger partial charge >= 0.3 is 0 Å². The molecule has 0 spiro atoms. The van der Waals surface area contributed by atoms with Gasteiger partial charge in [-0.2, -0.15) is 0 Å². The highest BCUT2D eigenvalue weighted by molar-refractivity contribution is 8.11. The molecule has 0 saturated carbocycles. The van der Waals surface area contributed by atoms with Crippen LogP contribution in [0.4, 0.5) is 0 Å². The first-order valence-electron chi connectivity index (χ1n) is 3.11. The smallest absolute Gasteiger partial charge is 0.0750 e. The van der Waals surface area contributed by atoms with Crippen LogP contribution >= 0.6 is 36.4 Å². The van der Waals surface area contributed by atoms with Gasteiger partial charge < -0.3 is 0 Å². The maximum atomic E-state index is 5.86. The summed E-state index contributed by atoms with van der Waals surface area (Å²) in [7, 11) is 0. The van der Waals surface area contributed by atoms with Crippen LogP contribution in [0, 0.1) is 6.92 Å². The molecule has 1 aromatic rings. The van der Waals surface area contributed by atoms with Crippen molar-refractivity contribution in [3.05, 3.63) is 34.3 Å². The summed E-state index contributed by atoms with van der Waals surface area (Å²) < 4.78 is 0.588. The van der Waals surface area contributed by atoms with E-state index in [1.165, 1.54) is 0 Å². The van der Waals surface area contributed by atoms with Gasteiger partial charge in [-0.15, -0.1) is 12.6 Å². The fourth-order valence-electron chi connectivity index (χ4n) is 0.839. The molecule has 0 unspecified atom stereocenters. The quantitative estimate of drug-likeness (QED) is 0.539. The van der Waals surface area contributed by atoms with Crippen molar-refractivity contribution in [3.8, 4) is 0 Å². The van der Waals surface area contributed by atoms with Crippen LogP contribution in [-0.2, 0) is 0 Å². The van der Waals surface area contributed by atoms with Gasteiger partial charge in [0, 0.05) is 10.6 Å². The van der Waals surface area contributed by atoms with E-state index in [0.717, 1.165) is 16.1 Å². The molecule has 0 atom stereocenters. The fourth-order valence-corrected chi connectivity index (χ4v) is 1.48. The molecule has 0 bridgehead atoms. The summed E-state index contributed by atoms with van der Waals surface area (Å²) in [4.78, 5) is 0. The average molecular weight is 203 g/mol. The third-order valence-electron chi connectivity index (χ3n) is 1.50. The lowest BCUT2D eigenvalue weighted by Gasteiger charge is -2.03. The Morgan fingerprint density at radius 3 is 2.64 bits per heavy atom. The van der Waals surface area contributed by atoms with Gasteiger partial charge in [0.15, 0.2) is 0 Å². The minimum Gasteiger partial charge on any atom is -0.131 e. The standard InChI is InChI=1S/C8H7ClS2/c1-5-6(8(10)11)3-2-4-7(5)9/h2-4H,1H3,(H,10,11). The highest BCUT2D eigenvalue weighted by Crippen LogP contribution is 2.20. The molecule has 1 rings (SSSR count). The zero-order chi connectivity index (χ0) is 8.43. The van der Waals surface area contributed by atoms with E-state index >= 15 is 0 Å². The highest BCUT2D eigenvalue weighted by atomic mass is 35.5. The Kier molecular flexibility index (Phi) is 2.93. The van der Waals surface area contributed by atoms with Crippen LogP contribution in [0.3, 0.4) is 0 Å². The zero-order valence-electron chi connectivity index (χ0n) is 5.97. The number of hydrogen-bond donors (Lipinski definition) is 1. The van der Waals surface area contributed by atoms with Crippen molar-refractivity contribution in [3.63, 3.8) is 0 Å². The van der Waals surface area contributed by atoms with E-state index in [9.17, 15) is 0 Å². The molecule has 0 aliphatic heterocycles. The minimum atomic E-state index is 0.588. The molecule has 0 saturated heterocycles. The summed E-state index contributed by atoms with van der Waals surface area (Å²) in [5.41, 5.74) is 1.94. The number of thiol groups is 1. The van der Waals surface area contributed by atoms with E-state index in [1.807, 2.05) is 25.1 Å². The zero-order valence-corrected chi connectivity index (χ0v) is 8.43. The number of thiocarbonyl (C=S) groups is 1. The molecule has 0 amide bonds. The maximum absolute atomic E-state index is 5.86. The molecule has 0 aliphatic carbocycles. The van der Waals surface area contributed by atoms with E-state index in [2.05, 4.69) is 12.6 Å². The Morgan fingerprint density at radius 1 is 1.55 bits per heavy atom. The Hall–Kier alpha value is -0.0500. The molecule has 11 heavy (non-hydrogen) atoms. The van der Waals surface area contributed by atoms with Crippen molar-refractivity contribution in [2.45, 2.75) is 6.92 Å². The first kappa shape index (κ1) is 9.04. The van der Waals surface area contributed by atoms with E-state index in [0.29, 0.717) is 4.20 Å². The topological polar surface area (TPSA) is 0 Å². The third kappa shape index (κ3) is 1.95. The van der Waals surface area contributed by atoms with Gasteiger partial charge in [-0.25, -0.2) is 0 Å². The number of rotatable bonds is 1. The Bertz CT molecular complexity index is 294. The molecule has 0 N–H and O–H groups in total. The number of hydrogen-bond acceptors (Lipinski definition) is 1. The fraction of sp³-hybridized carbons (Fsp3) is 0.125. The molecule has 0 aromatic heterocycles. The average Bonchev–Trinajstić information content (AvgIpc) is 1.94. The second-order valence-corrected chi connectivity index (χ2v) is 3.78. The van der Waals surface area contributed by atoms with E-state index in [1.54, 1.807) is 0 Å². The Labute approximate surface area is 82.0 Å². The summed E-state index contributed by atoms with van der Waals surface area (Å²) in [6, 6.07) is 5.62. The van der Waals surface area contributed by atoms with Crippen LogP contribution in [0.25, 0.3) is 0 Å². The summed E-state index contributed by atoms with van der Waals surface area (Å²) in [5, 5.41) is 0.735. The van der Waals surface area contributed by atoms with Crippen LogP contribution in [0.2, 0.25) is 5.02 Å². The van der Waals surface area contributed by atoms with Gasteiger partial charge in [0.1, 0.15) is 0 Å². The monoisotopic (exact) mass is 202 g/mol. The predicted octanol–water partition coefficient (Wildman–Crippen LogP) is 3.25. The Morgan fingerprint density at radius 2 is 2.18 bits per heavy atom. The minimum absolute atomic E-state index is 0.588. The molecule has 1 aromatic carbocycles. The van der Waals surface area contributed by atoms with E-state index in [-0.39, 0.29) is 0 Å². The van der Waals surface area contributed by atoms with Crippen molar-refractivity contribution >= 4 is 40.6 Å².